The van der Waals surface area contributed by atoms with Crippen LogP contribution in [0.15, 0.2) is 92.2 Å². The van der Waals surface area contributed by atoms with Crippen LogP contribution in [0.2, 0.25) is 0 Å². The van der Waals surface area contributed by atoms with E-state index in [1.165, 1.54) is 0 Å². The van der Waals surface area contributed by atoms with Crippen LogP contribution in [0.5, 0.6) is 0 Å². The molecule has 0 aliphatic carbocycles. The van der Waals surface area contributed by atoms with Gasteiger partial charge in [0, 0.05) is 23.4 Å². The van der Waals surface area contributed by atoms with Gasteiger partial charge in [-0.25, -0.2) is 9.97 Å². The molecule has 0 unspecified atom stereocenters. The molecule has 0 radical (unpaired) electrons. The fourth-order valence-corrected chi connectivity index (χ4v) is 2.04. The summed E-state index contributed by atoms with van der Waals surface area (Å²) >= 11 is 3.53. The van der Waals surface area contributed by atoms with Crippen molar-refractivity contribution in [3.63, 3.8) is 0 Å². The Morgan fingerprint density at radius 2 is 1.71 bits per heavy atom. The summed E-state index contributed by atoms with van der Waals surface area (Å²) in [7, 11) is 0. The Hall–Kier alpha value is -2.85. The molecule has 0 saturated heterocycles. The largest absolute Gasteiger partial charge is 0.347 e. The van der Waals surface area contributed by atoms with Gasteiger partial charge in [-0.2, -0.15) is 12.6 Å². The number of aromatic nitrogens is 2. The van der Waals surface area contributed by atoms with Crippen molar-refractivity contribution < 1.29 is 0 Å². The standard InChI is InChI=1S/C21H21N3.C2H6.CH4S/c1-4-7-12-17(6-3)21-23-19(18-13-10-9-11-14-18)16-20(24-21)22-15-8-5-2;2*1-2/h4-16H,2-3H2,1H3,(H,22,23,24);1-2H3;2H,1H3/b7-4-,15-8+,17-12+;;. The second-order valence-electron chi connectivity index (χ2n) is 4.92. The minimum absolute atomic E-state index is 0.624. The van der Waals surface area contributed by atoms with Gasteiger partial charge in [-0.3, -0.25) is 0 Å². The van der Waals surface area contributed by atoms with Gasteiger partial charge in [0.2, 0.25) is 0 Å². The summed E-state index contributed by atoms with van der Waals surface area (Å²) in [5.41, 5.74) is 2.75. The van der Waals surface area contributed by atoms with Gasteiger partial charge < -0.3 is 5.32 Å². The SMILES string of the molecule is C=C/C=C/Nc1cc(-c2ccccc2)nc(/C(C=C)=C/C=C\C)n1.CC.CS. The van der Waals surface area contributed by atoms with Gasteiger partial charge in [0.05, 0.1) is 5.69 Å². The summed E-state index contributed by atoms with van der Waals surface area (Å²) in [5.74, 6) is 1.34. The number of nitrogens with zero attached hydrogens (tertiary/aromatic N) is 2. The number of rotatable bonds is 7. The Kier molecular flexibility index (Phi) is 14.7. The Bertz CT molecular complexity index is 791. The van der Waals surface area contributed by atoms with Gasteiger partial charge in [0.25, 0.3) is 0 Å². The zero-order chi connectivity index (χ0) is 21.2. The van der Waals surface area contributed by atoms with E-state index in [2.05, 4.69) is 41.1 Å². The van der Waals surface area contributed by atoms with Crippen LogP contribution in [-0.4, -0.2) is 16.2 Å². The Labute approximate surface area is 175 Å². The van der Waals surface area contributed by atoms with Crippen molar-refractivity contribution in [1.82, 2.24) is 9.97 Å². The molecule has 0 saturated carbocycles. The van der Waals surface area contributed by atoms with E-state index >= 15 is 0 Å². The smallest absolute Gasteiger partial charge is 0.162 e. The molecule has 1 aromatic heterocycles. The fraction of sp³-hybridized carbons (Fsp3) is 0.167. The summed E-state index contributed by atoms with van der Waals surface area (Å²) < 4.78 is 0. The van der Waals surface area contributed by atoms with E-state index in [0.717, 1.165) is 16.8 Å². The number of allylic oxidation sites excluding steroid dienone is 7. The first-order valence-electron chi connectivity index (χ1n) is 9.17. The van der Waals surface area contributed by atoms with E-state index in [1.54, 1.807) is 24.6 Å². The van der Waals surface area contributed by atoms with Gasteiger partial charge in [-0.15, -0.1) is 0 Å². The second-order valence-corrected chi connectivity index (χ2v) is 4.92. The average Bonchev–Trinajstić information content (AvgIpc) is 2.78. The van der Waals surface area contributed by atoms with Gasteiger partial charge in [0.1, 0.15) is 5.82 Å². The molecule has 0 atom stereocenters. The van der Waals surface area contributed by atoms with Crippen LogP contribution in [0.1, 0.15) is 26.6 Å². The summed E-state index contributed by atoms with van der Waals surface area (Å²) in [4.78, 5) is 9.26. The van der Waals surface area contributed by atoms with Crippen LogP contribution >= 0.6 is 12.6 Å². The monoisotopic (exact) mass is 393 g/mol. The third-order valence-electron chi connectivity index (χ3n) is 3.21. The average molecular weight is 394 g/mol. The summed E-state index contributed by atoms with van der Waals surface area (Å²) in [5, 5.41) is 3.15. The molecule has 28 heavy (non-hydrogen) atoms. The first kappa shape index (κ1) is 25.2. The van der Waals surface area contributed by atoms with Crippen molar-refractivity contribution in [2.75, 3.05) is 11.6 Å². The first-order chi connectivity index (χ1) is 13.8. The molecule has 1 aromatic carbocycles. The van der Waals surface area contributed by atoms with E-state index in [0.29, 0.717) is 11.6 Å². The van der Waals surface area contributed by atoms with Crippen molar-refractivity contribution in [2.45, 2.75) is 20.8 Å². The molecular formula is C24H31N3S. The van der Waals surface area contributed by atoms with Crippen molar-refractivity contribution in [1.29, 1.82) is 0 Å². The lowest BCUT2D eigenvalue weighted by Crippen LogP contribution is -2.00. The molecule has 0 aliphatic heterocycles. The van der Waals surface area contributed by atoms with Crippen LogP contribution in [0.4, 0.5) is 5.82 Å². The summed E-state index contributed by atoms with van der Waals surface area (Å²) in [6, 6.07) is 11.9. The maximum atomic E-state index is 4.69. The topological polar surface area (TPSA) is 37.8 Å². The molecule has 4 heteroatoms. The highest BCUT2D eigenvalue weighted by Gasteiger charge is 2.08. The number of thiol groups is 1. The first-order valence-corrected chi connectivity index (χ1v) is 10.1. The van der Waals surface area contributed by atoms with Crippen molar-refractivity contribution in [3.05, 3.63) is 98.0 Å². The highest BCUT2D eigenvalue weighted by molar-refractivity contribution is 7.79. The molecule has 1 heterocycles. The third-order valence-corrected chi connectivity index (χ3v) is 3.21. The summed E-state index contributed by atoms with van der Waals surface area (Å²) in [6.45, 7) is 13.5. The molecule has 1 N–H and O–H groups in total. The fourth-order valence-electron chi connectivity index (χ4n) is 2.04. The van der Waals surface area contributed by atoms with Gasteiger partial charge in [0.15, 0.2) is 5.82 Å². The third kappa shape index (κ3) is 8.69. The van der Waals surface area contributed by atoms with E-state index in [4.69, 9.17) is 0 Å². The van der Waals surface area contributed by atoms with Crippen molar-refractivity contribution in [2.24, 2.45) is 0 Å². The number of nitrogens with one attached hydrogen (secondary N) is 1. The predicted molar refractivity (Wildman–Crippen MR) is 130 cm³/mol. The van der Waals surface area contributed by atoms with Crippen LogP contribution in [0.3, 0.4) is 0 Å². The summed E-state index contributed by atoms with van der Waals surface area (Å²) in [6.07, 6.45) is 14.6. The Morgan fingerprint density at radius 3 is 2.29 bits per heavy atom. The minimum Gasteiger partial charge on any atom is -0.347 e. The number of benzene rings is 1. The van der Waals surface area contributed by atoms with Crippen molar-refractivity contribution in [3.8, 4) is 11.3 Å². The molecular weight excluding hydrogens is 362 g/mol. The lowest BCUT2D eigenvalue weighted by atomic mass is 10.1. The Morgan fingerprint density at radius 1 is 1.04 bits per heavy atom. The van der Waals surface area contributed by atoms with Crippen LogP contribution in [0, 0.1) is 0 Å². The minimum atomic E-state index is 0.624. The number of anilines is 1. The maximum absolute atomic E-state index is 4.69. The second kappa shape index (κ2) is 16.3. The molecule has 2 rings (SSSR count). The number of hydrogen-bond donors (Lipinski definition) is 2. The molecule has 0 bridgehead atoms. The Balaban J connectivity index is 0.00000171. The molecule has 2 aromatic rings. The normalized spacial score (nSPS) is 10.5. The van der Waals surface area contributed by atoms with Gasteiger partial charge >= 0.3 is 0 Å². The highest BCUT2D eigenvalue weighted by Crippen LogP contribution is 2.23. The highest BCUT2D eigenvalue weighted by atomic mass is 32.1. The maximum Gasteiger partial charge on any atom is 0.162 e. The van der Waals surface area contributed by atoms with E-state index in [9.17, 15) is 0 Å². The number of hydrogen-bond acceptors (Lipinski definition) is 4. The lowest BCUT2D eigenvalue weighted by Gasteiger charge is -2.09. The van der Waals surface area contributed by atoms with E-state index in [1.807, 2.05) is 81.5 Å². The molecule has 0 fully saturated rings. The molecule has 0 spiro atoms. The molecule has 0 amide bonds. The zero-order valence-corrected chi connectivity index (χ0v) is 18.2. The van der Waals surface area contributed by atoms with Crippen molar-refractivity contribution >= 4 is 24.0 Å². The zero-order valence-electron chi connectivity index (χ0n) is 17.3. The van der Waals surface area contributed by atoms with E-state index in [-0.39, 0.29) is 0 Å². The van der Waals surface area contributed by atoms with Crippen LogP contribution in [0.25, 0.3) is 16.8 Å². The predicted octanol–water partition coefficient (Wildman–Crippen LogP) is 6.97. The van der Waals surface area contributed by atoms with E-state index < -0.39 is 0 Å². The van der Waals surface area contributed by atoms with Gasteiger partial charge in [-0.1, -0.05) is 87.7 Å². The van der Waals surface area contributed by atoms with Crippen LogP contribution < -0.4 is 5.32 Å². The molecule has 148 valence electrons. The molecule has 0 aliphatic rings. The quantitative estimate of drug-likeness (QED) is 0.394. The van der Waals surface area contributed by atoms with Crippen LogP contribution in [-0.2, 0) is 0 Å². The lowest BCUT2D eigenvalue weighted by molar-refractivity contribution is 1.13. The molecule has 3 nitrogen and oxygen atoms in total. The van der Waals surface area contributed by atoms with Gasteiger partial charge in [-0.05, 0) is 19.3 Å².